The Bertz CT molecular complexity index is 872. The van der Waals surface area contributed by atoms with E-state index in [-0.39, 0.29) is 11.0 Å². The van der Waals surface area contributed by atoms with Crippen molar-refractivity contribution in [1.29, 1.82) is 0 Å². The first-order chi connectivity index (χ1) is 16.0. The summed E-state index contributed by atoms with van der Waals surface area (Å²) >= 11 is 0. The molecule has 0 fully saturated rings. The largest absolute Gasteiger partial charge is 0.308 e. The van der Waals surface area contributed by atoms with Crippen LogP contribution < -0.4 is 5.32 Å². The molecule has 0 radical (unpaired) electrons. The molecular weight excluding hydrogens is 410 g/mol. The van der Waals surface area contributed by atoms with E-state index in [1.165, 1.54) is 16.7 Å². The number of rotatable bonds is 12. The van der Waals surface area contributed by atoms with Crippen LogP contribution in [0.3, 0.4) is 0 Å². The van der Waals surface area contributed by atoms with Crippen LogP contribution in [0, 0.1) is 29.1 Å². The highest BCUT2D eigenvalue weighted by Gasteiger charge is 2.52. The zero-order valence-electron chi connectivity index (χ0n) is 23.5. The predicted octanol–water partition coefficient (Wildman–Crippen LogP) is 9.15. The smallest absolute Gasteiger partial charge is 0.0278 e. The molecule has 0 spiro atoms. The van der Waals surface area contributed by atoms with Gasteiger partial charge in [-0.2, -0.15) is 0 Å². The Hall–Kier alpha value is -1.86. The zero-order valence-corrected chi connectivity index (χ0v) is 23.5. The standard InChI is InChI=1S/C33H51N/c1-11-15-29-18-14-19-30(29)17-13-16-27(7)34-32(9,10)33(21-12-2,22-20-24(3)4)31-26(6)23-25(5)28(31)8/h11-14,17,19-24,26-28,31,34H,1,15-16,18H2,2-10H3/b17-13-,21-12?,22-20-. The maximum Gasteiger partial charge on any atom is 0.0278 e. The van der Waals surface area contributed by atoms with Crippen LogP contribution in [0.1, 0.15) is 81.6 Å². The van der Waals surface area contributed by atoms with Crippen molar-refractivity contribution in [1.82, 2.24) is 5.32 Å². The van der Waals surface area contributed by atoms with Gasteiger partial charge in [-0.05, 0) is 83.1 Å². The van der Waals surface area contributed by atoms with Gasteiger partial charge in [0.1, 0.15) is 0 Å². The minimum Gasteiger partial charge on any atom is -0.308 e. The Morgan fingerprint density at radius 3 is 2.44 bits per heavy atom. The van der Waals surface area contributed by atoms with Gasteiger partial charge in [-0.25, -0.2) is 0 Å². The first-order valence-electron chi connectivity index (χ1n) is 13.4. The molecule has 0 saturated carbocycles. The van der Waals surface area contributed by atoms with Gasteiger partial charge in [0.05, 0.1) is 0 Å². The molecule has 188 valence electrons. The fraction of sp³-hybridized carbons (Fsp3) is 0.576. The van der Waals surface area contributed by atoms with E-state index in [2.05, 4.69) is 129 Å². The first kappa shape index (κ1) is 28.4. The van der Waals surface area contributed by atoms with E-state index >= 15 is 0 Å². The molecule has 0 amide bonds. The first-order valence-corrected chi connectivity index (χ1v) is 13.4. The summed E-state index contributed by atoms with van der Waals surface area (Å²) in [6.07, 6.45) is 26.4. The summed E-state index contributed by atoms with van der Waals surface area (Å²) in [6, 6.07) is 0.373. The Kier molecular flexibility index (Phi) is 10.2. The van der Waals surface area contributed by atoms with Crippen molar-refractivity contribution in [3.8, 4) is 0 Å². The molecule has 5 atom stereocenters. The van der Waals surface area contributed by atoms with Crippen molar-refractivity contribution in [3.05, 3.63) is 84.1 Å². The third kappa shape index (κ3) is 6.42. The molecule has 2 aliphatic rings. The summed E-state index contributed by atoms with van der Waals surface area (Å²) in [5.41, 5.74) is 4.19. The molecular formula is C33H51N. The Balaban J connectivity index is 2.32. The van der Waals surface area contributed by atoms with E-state index in [4.69, 9.17) is 0 Å². The van der Waals surface area contributed by atoms with Crippen LogP contribution in [0.4, 0.5) is 0 Å². The predicted molar refractivity (Wildman–Crippen MR) is 153 cm³/mol. The van der Waals surface area contributed by atoms with Crippen LogP contribution in [0.2, 0.25) is 0 Å². The molecule has 0 aromatic carbocycles. The van der Waals surface area contributed by atoms with Gasteiger partial charge < -0.3 is 5.32 Å². The summed E-state index contributed by atoms with van der Waals surface area (Å²) in [7, 11) is 0. The van der Waals surface area contributed by atoms with Gasteiger partial charge >= 0.3 is 0 Å². The zero-order chi connectivity index (χ0) is 25.5. The molecule has 5 unspecified atom stereocenters. The topological polar surface area (TPSA) is 12.0 Å². The SMILES string of the molecule is C=CCC1=C(/C=C\CC(C)NC(C)(C)C(C=CC)(/C=C\C(C)C)C2C(C)C=C(C)C2C)C=CC1. The molecule has 0 aliphatic heterocycles. The number of hydrogen-bond donors (Lipinski definition) is 1. The van der Waals surface area contributed by atoms with Gasteiger partial charge in [-0.1, -0.05) is 99.6 Å². The second kappa shape index (κ2) is 12.2. The van der Waals surface area contributed by atoms with Crippen molar-refractivity contribution in [3.63, 3.8) is 0 Å². The van der Waals surface area contributed by atoms with Crippen LogP contribution in [0.15, 0.2) is 84.1 Å². The van der Waals surface area contributed by atoms with Crippen molar-refractivity contribution in [2.75, 3.05) is 0 Å². The molecule has 1 N–H and O–H groups in total. The second-order valence-electron chi connectivity index (χ2n) is 11.6. The molecule has 0 bridgehead atoms. The van der Waals surface area contributed by atoms with Crippen molar-refractivity contribution in [2.45, 2.75) is 93.2 Å². The van der Waals surface area contributed by atoms with Crippen LogP contribution in [-0.2, 0) is 0 Å². The van der Waals surface area contributed by atoms with Gasteiger partial charge in [-0.15, -0.1) is 6.58 Å². The second-order valence-corrected chi connectivity index (χ2v) is 11.6. The van der Waals surface area contributed by atoms with E-state index in [1.54, 1.807) is 0 Å². The molecule has 2 rings (SSSR count). The lowest BCUT2D eigenvalue weighted by Crippen LogP contribution is -2.59. The summed E-state index contributed by atoms with van der Waals surface area (Å²) in [6.45, 7) is 24.9. The van der Waals surface area contributed by atoms with Crippen molar-refractivity contribution < 1.29 is 0 Å². The van der Waals surface area contributed by atoms with Gasteiger partial charge in [0.15, 0.2) is 0 Å². The van der Waals surface area contributed by atoms with E-state index in [1.807, 2.05) is 6.08 Å². The summed E-state index contributed by atoms with van der Waals surface area (Å²) in [5, 5.41) is 4.07. The van der Waals surface area contributed by atoms with E-state index < -0.39 is 0 Å². The fourth-order valence-electron chi connectivity index (χ4n) is 6.31. The number of allylic oxidation sites excluding steroid dienone is 10. The maximum absolute atomic E-state index is 4.07. The Labute approximate surface area is 211 Å². The molecule has 0 aromatic rings. The number of nitrogens with one attached hydrogen (secondary N) is 1. The summed E-state index contributed by atoms with van der Waals surface area (Å²) in [5.74, 6) is 2.16. The minimum absolute atomic E-state index is 0.0784. The monoisotopic (exact) mass is 461 g/mol. The van der Waals surface area contributed by atoms with Crippen LogP contribution in [-0.4, -0.2) is 11.6 Å². The lowest BCUT2D eigenvalue weighted by molar-refractivity contribution is 0.0883. The minimum atomic E-state index is -0.107. The van der Waals surface area contributed by atoms with E-state index in [0.717, 1.165) is 19.3 Å². The molecule has 2 aliphatic carbocycles. The maximum atomic E-state index is 4.07. The van der Waals surface area contributed by atoms with Gasteiger partial charge in [-0.3, -0.25) is 0 Å². The third-order valence-corrected chi connectivity index (χ3v) is 8.04. The van der Waals surface area contributed by atoms with E-state index in [0.29, 0.717) is 29.7 Å². The average Bonchev–Trinajstić information content (AvgIpc) is 3.28. The number of hydrogen-bond acceptors (Lipinski definition) is 1. The van der Waals surface area contributed by atoms with Crippen molar-refractivity contribution in [2.24, 2.45) is 29.1 Å². The highest BCUT2D eigenvalue weighted by Crippen LogP contribution is 2.54. The quantitative estimate of drug-likeness (QED) is 0.286. The highest BCUT2D eigenvalue weighted by molar-refractivity contribution is 5.42. The molecule has 0 saturated heterocycles. The van der Waals surface area contributed by atoms with E-state index in [9.17, 15) is 0 Å². The Morgan fingerprint density at radius 2 is 1.88 bits per heavy atom. The lowest BCUT2D eigenvalue weighted by Gasteiger charge is -2.52. The van der Waals surface area contributed by atoms with Gasteiger partial charge in [0.25, 0.3) is 0 Å². The summed E-state index contributed by atoms with van der Waals surface area (Å²) < 4.78 is 0. The van der Waals surface area contributed by atoms with Crippen molar-refractivity contribution >= 4 is 0 Å². The fourth-order valence-corrected chi connectivity index (χ4v) is 6.31. The normalized spacial score (nSPS) is 26.4. The summed E-state index contributed by atoms with van der Waals surface area (Å²) in [4.78, 5) is 0. The Morgan fingerprint density at radius 1 is 1.18 bits per heavy atom. The third-order valence-electron chi connectivity index (χ3n) is 8.04. The molecule has 1 nitrogen and oxygen atoms in total. The molecule has 0 aromatic heterocycles. The average molecular weight is 462 g/mol. The van der Waals surface area contributed by atoms with Crippen LogP contribution in [0.5, 0.6) is 0 Å². The molecule has 0 heterocycles. The van der Waals surface area contributed by atoms with Gasteiger partial charge in [0, 0.05) is 17.0 Å². The van der Waals surface area contributed by atoms with Gasteiger partial charge in [0.2, 0.25) is 0 Å². The lowest BCUT2D eigenvalue weighted by atomic mass is 9.57. The van der Waals surface area contributed by atoms with Crippen LogP contribution in [0.25, 0.3) is 0 Å². The highest BCUT2D eigenvalue weighted by atomic mass is 15.0. The molecule has 34 heavy (non-hydrogen) atoms. The van der Waals surface area contributed by atoms with Crippen LogP contribution >= 0.6 is 0 Å². The molecule has 1 heteroatoms.